The van der Waals surface area contributed by atoms with Gasteiger partial charge in [0.25, 0.3) is 5.91 Å². The monoisotopic (exact) mass is 373 g/mol. The highest BCUT2D eigenvalue weighted by Crippen LogP contribution is 2.13. The van der Waals surface area contributed by atoms with Crippen LogP contribution < -0.4 is 0 Å². The van der Waals surface area contributed by atoms with Gasteiger partial charge in [-0.05, 0) is 38.0 Å². The third-order valence-electron chi connectivity index (χ3n) is 4.64. The number of hydrogen-bond donors (Lipinski definition) is 0. The molecule has 28 heavy (non-hydrogen) atoms. The quantitative estimate of drug-likeness (QED) is 0.567. The zero-order valence-corrected chi connectivity index (χ0v) is 16.6. The van der Waals surface area contributed by atoms with Gasteiger partial charge in [0.1, 0.15) is 0 Å². The van der Waals surface area contributed by atoms with Crippen molar-refractivity contribution in [1.29, 1.82) is 0 Å². The average molecular weight is 374 g/mol. The van der Waals surface area contributed by atoms with Gasteiger partial charge in [0.2, 0.25) is 0 Å². The summed E-state index contributed by atoms with van der Waals surface area (Å²) in [5, 5.41) is 0. The van der Waals surface area contributed by atoms with Crippen LogP contribution >= 0.6 is 0 Å². The standard InChI is InChI=1S/C24H27N3O/c1-20-9-11-23(12-10-20)24(28)27(15-6-14-26-16-13-25-19-26)18-21(2)17-22-7-4-3-5-8-22/h3-5,7-13,16-17,19H,6,14-15,18H2,1-2H3. The van der Waals surface area contributed by atoms with Crippen LogP contribution in [0, 0.1) is 6.92 Å². The molecule has 0 spiro atoms. The minimum Gasteiger partial charge on any atom is -0.337 e. The van der Waals surface area contributed by atoms with Gasteiger partial charge in [0.15, 0.2) is 0 Å². The highest BCUT2D eigenvalue weighted by atomic mass is 16.2. The first-order valence-corrected chi connectivity index (χ1v) is 9.66. The van der Waals surface area contributed by atoms with Crippen LogP contribution in [0.3, 0.4) is 0 Å². The van der Waals surface area contributed by atoms with Gasteiger partial charge in [-0.1, -0.05) is 59.7 Å². The van der Waals surface area contributed by atoms with Crippen molar-refractivity contribution in [2.24, 2.45) is 0 Å². The Kier molecular flexibility index (Phi) is 6.79. The number of rotatable bonds is 8. The number of aromatic nitrogens is 2. The number of benzene rings is 2. The molecule has 3 rings (SSSR count). The summed E-state index contributed by atoms with van der Waals surface area (Å²) in [7, 11) is 0. The molecule has 4 heteroatoms. The Bertz CT molecular complexity index is 897. The highest BCUT2D eigenvalue weighted by Gasteiger charge is 2.16. The Morgan fingerprint density at radius 2 is 1.86 bits per heavy atom. The first-order chi connectivity index (χ1) is 13.6. The fourth-order valence-corrected chi connectivity index (χ4v) is 3.17. The van der Waals surface area contributed by atoms with E-state index in [4.69, 9.17) is 0 Å². The molecule has 0 unspecified atom stereocenters. The molecule has 0 bridgehead atoms. The van der Waals surface area contributed by atoms with E-state index in [2.05, 4.69) is 30.1 Å². The van der Waals surface area contributed by atoms with Crippen LogP contribution in [0.5, 0.6) is 0 Å². The van der Waals surface area contributed by atoms with E-state index >= 15 is 0 Å². The predicted octanol–water partition coefficient (Wildman–Crippen LogP) is 4.83. The molecule has 0 N–H and O–H groups in total. The summed E-state index contributed by atoms with van der Waals surface area (Å²) >= 11 is 0. The molecular formula is C24H27N3O. The Hall–Kier alpha value is -3.14. The minimum absolute atomic E-state index is 0.0754. The number of hydrogen-bond acceptors (Lipinski definition) is 2. The number of imidazole rings is 1. The van der Waals surface area contributed by atoms with E-state index in [9.17, 15) is 4.79 Å². The Labute approximate surface area is 167 Å². The van der Waals surface area contributed by atoms with Crippen molar-refractivity contribution in [3.8, 4) is 0 Å². The molecule has 0 fully saturated rings. The second-order valence-electron chi connectivity index (χ2n) is 7.15. The molecule has 1 aromatic heterocycles. The molecule has 0 radical (unpaired) electrons. The fourth-order valence-electron chi connectivity index (χ4n) is 3.17. The van der Waals surface area contributed by atoms with E-state index < -0.39 is 0 Å². The van der Waals surface area contributed by atoms with Crippen molar-refractivity contribution in [1.82, 2.24) is 14.5 Å². The lowest BCUT2D eigenvalue weighted by atomic mass is 10.1. The van der Waals surface area contributed by atoms with Crippen LogP contribution in [-0.4, -0.2) is 33.4 Å². The Morgan fingerprint density at radius 1 is 1.11 bits per heavy atom. The minimum atomic E-state index is 0.0754. The summed E-state index contributed by atoms with van der Waals surface area (Å²) in [6, 6.07) is 18.0. The fraction of sp³-hybridized carbons (Fsp3) is 0.250. The molecule has 0 atom stereocenters. The third kappa shape index (κ3) is 5.68. The Morgan fingerprint density at radius 3 is 2.54 bits per heavy atom. The van der Waals surface area contributed by atoms with Gasteiger partial charge in [-0.2, -0.15) is 0 Å². The van der Waals surface area contributed by atoms with Gasteiger partial charge in [0, 0.05) is 37.6 Å². The zero-order chi connectivity index (χ0) is 19.8. The average Bonchev–Trinajstić information content (AvgIpc) is 3.21. The van der Waals surface area contributed by atoms with Gasteiger partial charge in [-0.15, -0.1) is 0 Å². The molecule has 4 nitrogen and oxygen atoms in total. The van der Waals surface area contributed by atoms with Gasteiger partial charge >= 0.3 is 0 Å². The zero-order valence-electron chi connectivity index (χ0n) is 16.6. The smallest absolute Gasteiger partial charge is 0.254 e. The van der Waals surface area contributed by atoms with Crippen LogP contribution in [0.2, 0.25) is 0 Å². The number of aryl methyl sites for hydroxylation is 2. The van der Waals surface area contributed by atoms with Gasteiger partial charge < -0.3 is 9.47 Å². The van der Waals surface area contributed by atoms with E-state index in [1.165, 1.54) is 0 Å². The molecule has 0 saturated heterocycles. The second-order valence-corrected chi connectivity index (χ2v) is 7.15. The molecule has 2 aromatic carbocycles. The second kappa shape index (κ2) is 9.70. The number of amides is 1. The third-order valence-corrected chi connectivity index (χ3v) is 4.64. The van der Waals surface area contributed by atoms with Gasteiger partial charge in [-0.3, -0.25) is 4.79 Å². The normalized spacial score (nSPS) is 11.4. The van der Waals surface area contributed by atoms with Crippen molar-refractivity contribution in [2.45, 2.75) is 26.8 Å². The van der Waals surface area contributed by atoms with E-state index in [-0.39, 0.29) is 5.91 Å². The first-order valence-electron chi connectivity index (χ1n) is 9.66. The number of carbonyl (C=O) groups excluding carboxylic acids is 1. The molecule has 0 aliphatic heterocycles. The lowest BCUT2D eigenvalue weighted by molar-refractivity contribution is 0.0766. The van der Waals surface area contributed by atoms with Crippen LogP contribution in [0.25, 0.3) is 6.08 Å². The van der Waals surface area contributed by atoms with E-state index in [1.54, 1.807) is 6.20 Å². The lowest BCUT2D eigenvalue weighted by Crippen LogP contribution is -2.34. The van der Waals surface area contributed by atoms with Crippen LogP contribution in [0.1, 0.15) is 34.8 Å². The molecule has 0 aliphatic rings. The van der Waals surface area contributed by atoms with E-state index in [0.29, 0.717) is 13.1 Å². The molecule has 144 valence electrons. The highest BCUT2D eigenvalue weighted by molar-refractivity contribution is 5.94. The molecular weight excluding hydrogens is 346 g/mol. The summed E-state index contributed by atoms with van der Waals surface area (Å²) in [5.74, 6) is 0.0754. The predicted molar refractivity (Wildman–Crippen MR) is 114 cm³/mol. The molecule has 1 amide bonds. The Balaban J connectivity index is 1.71. The maximum absolute atomic E-state index is 13.1. The molecule has 0 aliphatic carbocycles. The molecule has 1 heterocycles. The maximum atomic E-state index is 13.1. The van der Waals surface area contributed by atoms with Crippen LogP contribution in [0.4, 0.5) is 0 Å². The SMILES string of the molecule is CC(=Cc1ccccc1)CN(CCCn1ccnc1)C(=O)c1ccc(C)cc1. The lowest BCUT2D eigenvalue weighted by Gasteiger charge is -2.23. The molecule has 0 saturated carbocycles. The van der Waals surface area contributed by atoms with Gasteiger partial charge in [0.05, 0.1) is 6.33 Å². The van der Waals surface area contributed by atoms with Crippen molar-refractivity contribution in [3.05, 3.63) is 95.6 Å². The topological polar surface area (TPSA) is 38.1 Å². The summed E-state index contributed by atoms with van der Waals surface area (Å²) in [6.07, 6.45) is 8.57. The molecule has 3 aromatic rings. The van der Waals surface area contributed by atoms with E-state index in [1.807, 2.05) is 71.4 Å². The van der Waals surface area contributed by atoms with Crippen LogP contribution in [0.15, 0.2) is 78.9 Å². The van der Waals surface area contributed by atoms with Crippen molar-refractivity contribution in [2.75, 3.05) is 13.1 Å². The summed E-state index contributed by atoms with van der Waals surface area (Å²) in [5.41, 5.74) is 4.21. The van der Waals surface area contributed by atoms with E-state index in [0.717, 1.165) is 35.2 Å². The van der Waals surface area contributed by atoms with Crippen molar-refractivity contribution < 1.29 is 4.79 Å². The van der Waals surface area contributed by atoms with Crippen molar-refractivity contribution >= 4 is 12.0 Å². The van der Waals surface area contributed by atoms with Crippen LogP contribution in [-0.2, 0) is 6.54 Å². The number of carbonyl (C=O) groups is 1. The maximum Gasteiger partial charge on any atom is 0.254 e. The van der Waals surface area contributed by atoms with Gasteiger partial charge in [-0.25, -0.2) is 4.98 Å². The largest absolute Gasteiger partial charge is 0.337 e. The first kappa shape index (κ1) is 19.6. The summed E-state index contributed by atoms with van der Waals surface area (Å²) < 4.78 is 2.04. The summed E-state index contributed by atoms with van der Waals surface area (Å²) in [6.45, 7) is 6.28. The van der Waals surface area contributed by atoms with Crippen molar-refractivity contribution in [3.63, 3.8) is 0 Å². The summed E-state index contributed by atoms with van der Waals surface area (Å²) in [4.78, 5) is 19.1. The number of nitrogens with zero attached hydrogens (tertiary/aromatic N) is 3.